The summed E-state index contributed by atoms with van der Waals surface area (Å²) in [4.78, 5) is 12.1. The first-order chi connectivity index (χ1) is 9.92. The quantitative estimate of drug-likeness (QED) is 0.745. The van der Waals surface area contributed by atoms with Crippen LogP contribution in [0.25, 0.3) is 0 Å². The Balaban J connectivity index is 2.57. The number of hydrogen-bond donors (Lipinski definition) is 1. The SMILES string of the molecule is CCOC(=O)C(C)(CC(C)SCc1ccccc1C)NC. The van der Waals surface area contributed by atoms with Crippen molar-refractivity contribution >= 4 is 17.7 Å². The van der Waals surface area contributed by atoms with Crippen LogP contribution in [-0.4, -0.2) is 30.4 Å². The molecule has 2 atom stereocenters. The average Bonchev–Trinajstić information content (AvgIpc) is 2.46. The lowest BCUT2D eigenvalue weighted by Crippen LogP contribution is -2.50. The van der Waals surface area contributed by atoms with Crippen LogP contribution in [0, 0.1) is 6.92 Å². The van der Waals surface area contributed by atoms with Gasteiger partial charge in [-0.25, -0.2) is 0 Å². The zero-order chi connectivity index (χ0) is 15.9. The molecular formula is C17H27NO2S. The van der Waals surface area contributed by atoms with E-state index in [1.807, 2.05) is 32.7 Å². The third-order valence-corrected chi connectivity index (χ3v) is 4.97. The predicted molar refractivity (Wildman–Crippen MR) is 90.7 cm³/mol. The molecule has 1 aromatic carbocycles. The minimum Gasteiger partial charge on any atom is -0.465 e. The number of hydrogen-bond acceptors (Lipinski definition) is 4. The normalized spacial score (nSPS) is 15.3. The molecule has 1 N–H and O–H groups in total. The molecule has 0 aliphatic carbocycles. The Labute approximate surface area is 132 Å². The van der Waals surface area contributed by atoms with Crippen molar-refractivity contribution in [1.29, 1.82) is 0 Å². The summed E-state index contributed by atoms with van der Waals surface area (Å²) in [6.45, 7) is 8.47. The maximum absolute atomic E-state index is 12.1. The number of carbonyl (C=O) groups is 1. The Morgan fingerprint density at radius 3 is 2.67 bits per heavy atom. The Morgan fingerprint density at radius 1 is 1.43 bits per heavy atom. The standard InChI is InChI=1S/C17H27NO2S/c1-6-20-16(19)17(4,18-5)11-14(3)21-12-15-10-8-7-9-13(15)2/h7-10,14,18H,6,11-12H2,1-5H3. The molecule has 0 spiro atoms. The van der Waals surface area contributed by atoms with Crippen molar-refractivity contribution in [2.24, 2.45) is 0 Å². The highest BCUT2D eigenvalue weighted by atomic mass is 32.2. The van der Waals surface area contributed by atoms with Crippen LogP contribution >= 0.6 is 11.8 Å². The van der Waals surface area contributed by atoms with Crippen LogP contribution in [0.1, 0.15) is 38.3 Å². The molecular weight excluding hydrogens is 282 g/mol. The van der Waals surface area contributed by atoms with Crippen LogP contribution in [0.3, 0.4) is 0 Å². The van der Waals surface area contributed by atoms with Crippen LogP contribution in [0.4, 0.5) is 0 Å². The van der Waals surface area contributed by atoms with E-state index in [9.17, 15) is 4.79 Å². The first-order valence-corrected chi connectivity index (χ1v) is 8.50. The van der Waals surface area contributed by atoms with E-state index in [0.29, 0.717) is 11.9 Å². The van der Waals surface area contributed by atoms with E-state index < -0.39 is 5.54 Å². The average molecular weight is 309 g/mol. The van der Waals surface area contributed by atoms with Gasteiger partial charge in [0.2, 0.25) is 0 Å². The third kappa shape index (κ3) is 5.36. The lowest BCUT2D eigenvalue weighted by atomic mass is 9.96. The van der Waals surface area contributed by atoms with Gasteiger partial charge in [0, 0.05) is 11.0 Å². The molecule has 1 aromatic rings. The van der Waals surface area contributed by atoms with Crippen molar-refractivity contribution in [3.8, 4) is 0 Å². The number of carbonyl (C=O) groups excluding carboxylic acids is 1. The number of likely N-dealkylation sites (N-methyl/N-ethyl adjacent to an activating group) is 1. The summed E-state index contributed by atoms with van der Waals surface area (Å²) < 4.78 is 5.17. The summed E-state index contributed by atoms with van der Waals surface area (Å²) >= 11 is 1.87. The van der Waals surface area contributed by atoms with Crippen molar-refractivity contribution in [2.75, 3.05) is 13.7 Å². The van der Waals surface area contributed by atoms with Gasteiger partial charge in [-0.15, -0.1) is 0 Å². The largest absolute Gasteiger partial charge is 0.465 e. The molecule has 0 fully saturated rings. The van der Waals surface area contributed by atoms with Gasteiger partial charge in [-0.05, 0) is 45.4 Å². The van der Waals surface area contributed by atoms with E-state index in [0.717, 1.165) is 12.2 Å². The van der Waals surface area contributed by atoms with Crippen molar-refractivity contribution in [3.63, 3.8) is 0 Å². The number of rotatable bonds is 8. The van der Waals surface area contributed by atoms with Gasteiger partial charge >= 0.3 is 5.97 Å². The van der Waals surface area contributed by atoms with Gasteiger partial charge in [0.25, 0.3) is 0 Å². The van der Waals surface area contributed by atoms with E-state index in [1.165, 1.54) is 11.1 Å². The number of ether oxygens (including phenoxy) is 1. The molecule has 3 nitrogen and oxygen atoms in total. The summed E-state index contributed by atoms with van der Waals surface area (Å²) in [5.41, 5.74) is 2.06. The lowest BCUT2D eigenvalue weighted by molar-refractivity contribution is -0.150. The fraction of sp³-hybridized carbons (Fsp3) is 0.588. The number of thioether (sulfide) groups is 1. The Morgan fingerprint density at radius 2 is 2.10 bits per heavy atom. The number of benzene rings is 1. The number of aryl methyl sites for hydroxylation is 1. The molecule has 21 heavy (non-hydrogen) atoms. The minimum absolute atomic E-state index is 0.171. The Hall–Kier alpha value is -1.00. The fourth-order valence-electron chi connectivity index (χ4n) is 2.22. The molecule has 0 heterocycles. The predicted octanol–water partition coefficient (Wildman–Crippen LogP) is 3.55. The van der Waals surface area contributed by atoms with Gasteiger partial charge in [0.15, 0.2) is 0 Å². The van der Waals surface area contributed by atoms with Crippen molar-refractivity contribution in [2.45, 2.75) is 50.7 Å². The van der Waals surface area contributed by atoms with Gasteiger partial charge in [-0.1, -0.05) is 31.2 Å². The zero-order valence-electron chi connectivity index (χ0n) is 13.7. The monoisotopic (exact) mass is 309 g/mol. The Bertz CT molecular complexity index is 464. The lowest BCUT2D eigenvalue weighted by Gasteiger charge is -2.29. The topological polar surface area (TPSA) is 38.3 Å². The molecule has 118 valence electrons. The van der Waals surface area contributed by atoms with Gasteiger partial charge in [0.1, 0.15) is 5.54 Å². The van der Waals surface area contributed by atoms with E-state index >= 15 is 0 Å². The molecule has 0 aromatic heterocycles. The van der Waals surface area contributed by atoms with E-state index in [1.54, 1.807) is 0 Å². The minimum atomic E-state index is -0.617. The van der Waals surface area contributed by atoms with Gasteiger partial charge in [-0.2, -0.15) is 11.8 Å². The summed E-state index contributed by atoms with van der Waals surface area (Å²) in [6.07, 6.45) is 0.749. The van der Waals surface area contributed by atoms with E-state index in [-0.39, 0.29) is 5.97 Å². The fourth-order valence-corrected chi connectivity index (χ4v) is 3.45. The van der Waals surface area contributed by atoms with Gasteiger partial charge in [-0.3, -0.25) is 4.79 Å². The Kier molecular flexibility index (Phi) is 7.26. The van der Waals surface area contributed by atoms with Gasteiger partial charge < -0.3 is 10.1 Å². The molecule has 1 rings (SSSR count). The molecule has 0 amide bonds. The maximum Gasteiger partial charge on any atom is 0.326 e. The van der Waals surface area contributed by atoms with Crippen molar-refractivity contribution in [1.82, 2.24) is 5.32 Å². The molecule has 0 radical (unpaired) electrons. The summed E-state index contributed by atoms with van der Waals surface area (Å²) in [5.74, 6) is 0.798. The zero-order valence-corrected chi connectivity index (χ0v) is 14.5. The highest BCUT2D eigenvalue weighted by Gasteiger charge is 2.34. The van der Waals surface area contributed by atoms with Crippen molar-refractivity contribution < 1.29 is 9.53 Å². The van der Waals surface area contributed by atoms with Crippen LogP contribution in [0.2, 0.25) is 0 Å². The molecule has 4 heteroatoms. The second-order valence-electron chi connectivity index (χ2n) is 5.55. The van der Waals surface area contributed by atoms with Crippen LogP contribution < -0.4 is 5.32 Å². The molecule has 0 saturated heterocycles. The molecule has 0 saturated carbocycles. The highest BCUT2D eigenvalue weighted by molar-refractivity contribution is 7.99. The first-order valence-electron chi connectivity index (χ1n) is 7.45. The summed E-state index contributed by atoms with van der Waals surface area (Å²) in [7, 11) is 1.82. The second kappa shape index (κ2) is 8.44. The summed E-state index contributed by atoms with van der Waals surface area (Å²) in [6, 6.07) is 8.43. The third-order valence-electron chi connectivity index (χ3n) is 3.76. The first kappa shape index (κ1) is 18.1. The maximum atomic E-state index is 12.1. The van der Waals surface area contributed by atoms with E-state index in [4.69, 9.17) is 4.74 Å². The molecule has 0 aliphatic heterocycles. The van der Waals surface area contributed by atoms with Crippen LogP contribution in [0.15, 0.2) is 24.3 Å². The van der Waals surface area contributed by atoms with E-state index in [2.05, 4.69) is 43.4 Å². The molecule has 0 aliphatic rings. The second-order valence-corrected chi connectivity index (χ2v) is 6.98. The smallest absolute Gasteiger partial charge is 0.326 e. The van der Waals surface area contributed by atoms with Crippen LogP contribution in [0.5, 0.6) is 0 Å². The number of esters is 1. The van der Waals surface area contributed by atoms with Crippen molar-refractivity contribution in [3.05, 3.63) is 35.4 Å². The summed E-state index contributed by atoms with van der Waals surface area (Å²) in [5, 5.41) is 3.48. The molecule has 2 unspecified atom stereocenters. The highest BCUT2D eigenvalue weighted by Crippen LogP contribution is 2.26. The van der Waals surface area contributed by atoms with Crippen LogP contribution in [-0.2, 0) is 15.3 Å². The van der Waals surface area contributed by atoms with Gasteiger partial charge in [0.05, 0.1) is 6.61 Å². The number of nitrogens with one attached hydrogen (secondary N) is 1. The molecule has 0 bridgehead atoms.